The fourth-order valence-electron chi connectivity index (χ4n) is 3.79. The van der Waals surface area contributed by atoms with Gasteiger partial charge in [0.2, 0.25) is 15.9 Å². The molecule has 0 spiro atoms. The summed E-state index contributed by atoms with van der Waals surface area (Å²) in [6, 6.07) is 10.4. The molecule has 1 heterocycles. The summed E-state index contributed by atoms with van der Waals surface area (Å²) in [5.41, 5.74) is 2.88. The van der Waals surface area contributed by atoms with Crippen LogP contribution in [-0.4, -0.2) is 38.8 Å². The number of carbonyl (C=O) groups excluding carboxylic acids is 1. The van der Waals surface area contributed by atoms with Gasteiger partial charge in [0.25, 0.3) is 0 Å². The summed E-state index contributed by atoms with van der Waals surface area (Å²) < 4.78 is 33.1. The van der Waals surface area contributed by atoms with E-state index in [0.29, 0.717) is 24.4 Å². The number of ether oxygens (including phenoxy) is 1. The van der Waals surface area contributed by atoms with Crippen LogP contribution in [0.4, 0.5) is 5.69 Å². The number of nitrogens with one attached hydrogen (secondary N) is 1. The Morgan fingerprint density at radius 3 is 2.77 bits per heavy atom. The maximum absolute atomic E-state index is 13.3. The number of piperidine rings is 1. The summed E-state index contributed by atoms with van der Waals surface area (Å²) in [5.74, 6) is -0.349. The summed E-state index contributed by atoms with van der Waals surface area (Å²) in [6.45, 7) is 4.47. The third-order valence-electron chi connectivity index (χ3n) is 5.49. The zero-order chi connectivity index (χ0) is 21.9. The van der Waals surface area contributed by atoms with Gasteiger partial charge >= 0.3 is 0 Å². The molecule has 0 saturated carbocycles. The molecule has 1 aliphatic rings. The number of rotatable bonds is 6. The minimum atomic E-state index is -3.84. The van der Waals surface area contributed by atoms with Crippen molar-refractivity contribution < 1.29 is 17.9 Å². The lowest BCUT2D eigenvalue weighted by molar-refractivity contribution is -0.120. The maximum Gasteiger partial charge on any atom is 0.246 e. The third-order valence-corrected chi connectivity index (χ3v) is 7.61. The van der Waals surface area contributed by atoms with E-state index >= 15 is 0 Å². The molecule has 0 bridgehead atoms. The van der Waals surface area contributed by atoms with E-state index < -0.39 is 15.9 Å². The van der Waals surface area contributed by atoms with E-state index in [9.17, 15) is 13.2 Å². The number of anilines is 1. The van der Waals surface area contributed by atoms with Crippen molar-refractivity contribution in [3.63, 3.8) is 0 Å². The van der Waals surface area contributed by atoms with Crippen LogP contribution in [0.5, 0.6) is 5.75 Å². The summed E-state index contributed by atoms with van der Waals surface area (Å²) in [6.07, 6.45) is 2.05. The van der Waals surface area contributed by atoms with Gasteiger partial charge in [-0.25, -0.2) is 8.42 Å². The Morgan fingerprint density at radius 1 is 1.30 bits per heavy atom. The van der Waals surface area contributed by atoms with E-state index in [0.717, 1.165) is 23.2 Å². The van der Waals surface area contributed by atoms with Gasteiger partial charge in [0, 0.05) is 23.8 Å². The number of sulfonamides is 1. The molecular formula is C22H27ClN2O4S. The van der Waals surface area contributed by atoms with Gasteiger partial charge < -0.3 is 10.1 Å². The molecule has 2 aromatic rings. The van der Waals surface area contributed by atoms with Gasteiger partial charge in [0.15, 0.2) is 0 Å². The predicted molar refractivity (Wildman–Crippen MR) is 119 cm³/mol. The first kappa shape index (κ1) is 22.6. The van der Waals surface area contributed by atoms with Gasteiger partial charge in [-0.05, 0) is 55.5 Å². The van der Waals surface area contributed by atoms with Gasteiger partial charge in [-0.15, -0.1) is 0 Å². The Kier molecular flexibility index (Phi) is 7.06. The molecule has 2 aromatic carbocycles. The zero-order valence-corrected chi connectivity index (χ0v) is 19.0. The lowest BCUT2D eigenvalue weighted by Crippen LogP contribution is -2.43. The quantitative estimate of drug-likeness (QED) is 0.713. The number of carbonyl (C=O) groups is 1. The maximum atomic E-state index is 13.3. The normalized spacial score (nSPS) is 17.5. The first-order valence-electron chi connectivity index (χ1n) is 10.0. The highest BCUT2D eigenvalue weighted by molar-refractivity contribution is 7.89. The van der Waals surface area contributed by atoms with Crippen molar-refractivity contribution in [1.29, 1.82) is 0 Å². The second kappa shape index (κ2) is 9.37. The minimum absolute atomic E-state index is 0.0192. The molecule has 1 amide bonds. The van der Waals surface area contributed by atoms with Crippen LogP contribution < -0.4 is 10.1 Å². The van der Waals surface area contributed by atoms with Crippen molar-refractivity contribution >= 4 is 33.2 Å². The molecule has 1 N–H and O–H groups in total. The fourth-order valence-corrected chi connectivity index (χ4v) is 5.74. The Bertz CT molecular complexity index is 1040. The second-order valence-corrected chi connectivity index (χ2v) is 9.79. The largest absolute Gasteiger partial charge is 0.495 e. The van der Waals surface area contributed by atoms with E-state index in [2.05, 4.69) is 5.32 Å². The number of para-hydroxylation sites is 1. The molecule has 0 aromatic heterocycles. The Balaban J connectivity index is 1.82. The first-order chi connectivity index (χ1) is 14.3. The number of aryl methyl sites for hydroxylation is 2. The average molecular weight is 451 g/mol. The number of hydrogen-bond donors (Lipinski definition) is 1. The lowest BCUT2D eigenvalue weighted by Gasteiger charge is -2.31. The average Bonchev–Trinajstić information content (AvgIpc) is 2.75. The molecule has 1 fully saturated rings. The molecule has 8 heteroatoms. The molecular weight excluding hydrogens is 424 g/mol. The smallest absolute Gasteiger partial charge is 0.246 e. The number of hydrogen-bond acceptors (Lipinski definition) is 4. The van der Waals surface area contributed by atoms with Crippen molar-refractivity contribution in [3.8, 4) is 5.75 Å². The number of halogens is 1. The topological polar surface area (TPSA) is 75.7 Å². The summed E-state index contributed by atoms with van der Waals surface area (Å²) in [7, 11) is -2.42. The molecule has 30 heavy (non-hydrogen) atoms. The van der Waals surface area contributed by atoms with Crippen molar-refractivity contribution in [3.05, 3.63) is 52.5 Å². The van der Waals surface area contributed by atoms with Gasteiger partial charge in [0.05, 0.1) is 13.0 Å². The van der Waals surface area contributed by atoms with Crippen LogP contribution in [-0.2, 0) is 21.2 Å². The number of amides is 1. The molecule has 1 aliphatic heterocycles. The second-order valence-electron chi connectivity index (χ2n) is 7.45. The molecule has 0 unspecified atom stereocenters. The van der Waals surface area contributed by atoms with Crippen LogP contribution >= 0.6 is 11.6 Å². The number of methoxy groups -OCH3 is 1. The van der Waals surface area contributed by atoms with Crippen LogP contribution in [0.2, 0.25) is 5.02 Å². The van der Waals surface area contributed by atoms with Crippen LogP contribution in [0.1, 0.15) is 30.9 Å². The van der Waals surface area contributed by atoms with E-state index in [1.807, 2.05) is 32.0 Å². The van der Waals surface area contributed by atoms with Gasteiger partial charge in [-0.1, -0.05) is 36.7 Å². The van der Waals surface area contributed by atoms with Crippen molar-refractivity contribution in [2.45, 2.75) is 38.0 Å². The van der Waals surface area contributed by atoms with Crippen LogP contribution in [0, 0.1) is 12.8 Å². The van der Waals surface area contributed by atoms with Crippen LogP contribution in [0.3, 0.4) is 0 Å². The molecule has 1 atom stereocenters. The molecule has 162 valence electrons. The van der Waals surface area contributed by atoms with Crippen molar-refractivity contribution in [2.24, 2.45) is 5.92 Å². The fraction of sp³-hybridized carbons (Fsp3) is 0.409. The Hall–Kier alpha value is -2.09. The molecule has 0 aliphatic carbocycles. The zero-order valence-electron chi connectivity index (χ0n) is 17.4. The molecule has 0 radical (unpaired) electrons. The van der Waals surface area contributed by atoms with Crippen molar-refractivity contribution in [2.75, 3.05) is 25.5 Å². The third kappa shape index (κ3) is 4.63. The molecule has 6 nitrogen and oxygen atoms in total. The monoisotopic (exact) mass is 450 g/mol. The van der Waals surface area contributed by atoms with E-state index in [1.54, 1.807) is 6.07 Å². The van der Waals surface area contributed by atoms with E-state index in [1.165, 1.54) is 23.5 Å². The number of nitrogens with zero attached hydrogens (tertiary/aromatic N) is 1. The molecule has 1 saturated heterocycles. The van der Waals surface area contributed by atoms with E-state index in [-0.39, 0.29) is 23.1 Å². The summed E-state index contributed by atoms with van der Waals surface area (Å²) >= 11 is 6.03. The Morgan fingerprint density at radius 2 is 2.07 bits per heavy atom. The number of benzene rings is 2. The minimum Gasteiger partial charge on any atom is -0.495 e. The highest BCUT2D eigenvalue weighted by Crippen LogP contribution is 2.32. The molecule has 3 rings (SSSR count). The Labute approximate surface area is 183 Å². The van der Waals surface area contributed by atoms with Gasteiger partial charge in [-0.3, -0.25) is 4.79 Å². The highest BCUT2D eigenvalue weighted by Gasteiger charge is 2.35. The van der Waals surface area contributed by atoms with Gasteiger partial charge in [-0.2, -0.15) is 4.31 Å². The summed E-state index contributed by atoms with van der Waals surface area (Å²) in [4.78, 5) is 13.0. The standard InChI is InChI=1S/C22H27ClN2O4S/c1-4-16-8-5-7-15(2)21(16)24-22(26)17-9-6-12-25(14-17)30(27,28)20-13-18(23)10-11-19(20)29-3/h5,7-8,10-11,13,17H,4,6,9,12,14H2,1-3H3,(H,24,26)/t17-/m1/s1. The van der Waals surface area contributed by atoms with E-state index in [4.69, 9.17) is 16.3 Å². The van der Waals surface area contributed by atoms with Crippen LogP contribution in [0.25, 0.3) is 0 Å². The van der Waals surface area contributed by atoms with Crippen molar-refractivity contribution in [1.82, 2.24) is 4.31 Å². The van der Waals surface area contributed by atoms with Crippen LogP contribution in [0.15, 0.2) is 41.3 Å². The highest BCUT2D eigenvalue weighted by atomic mass is 35.5. The van der Waals surface area contributed by atoms with Gasteiger partial charge in [0.1, 0.15) is 10.6 Å². The lowest BCUT2D eigenvalue weighted by atomic mass is 9.98. The first-order valence-corrected chi connectivity index (χ1v) is 11.8. The SMILES string of the molecule is CCc1cccc(C)c1NC(=O)[C@@H]1CCCN(S(=O)(=O)c2cc(Cl)ccc2OC)C1. The predicted octanol–water partition coefficient (Wildman–Crippen LogP) is 4.26. The summed E-state index contributed by atoms with van der Waals surface area (Å²) in [5, 5.41) is 3.35.